The predicted molar refractivity (Wildman–Crippen MR) is 238 cm³/mol. The molecule has 0 aromatic carbocycles. The van der Waals surface area contributed by atoms with Crippen LogP contribution in [0.2, 0.25) is 0 Å². The number of carboxylic acids is 1. The summed E-state index contributed by atoms with van der Waals surface area (Å²) in [6, 6.07) is -1.05. The van der Waals surface area contributed by atoms with Gasteiger partial charge in [0.15, 0.2) is 12.1 Å². The van der Waals surface area contributed by atoms with Crippen LogP contribution in [0.25, 0.3) is 0 Å². The molecule has 1 saturated heterocycles. The molecule has 2 aliphatic rings. The Kier molecular flexibility index (Phi) is 29.6. The van der Waals surface area contributed by atoms with Gasteiger partial charge in [-0.3, -0.25) is 9.59 Å². The average Bonchev–Trinajstić information content (AvgIpc) is 3.21. The van der Waals surface area contributed by atoms with E-state index < -0.39 is 104 Å². The summed E-state index contributed by atoms with van der Waals surface area (Å²) in [7, 11) is 0. The molecular weight excluding hydrogens is 819 g/mol. The maximum absolute atomic E-state index is 12.3. The third-order valence-corrected chi connectivity index (χ3v) is 10.6. The van der Waals surface area contributed by atoms with Gasteiger partial charge in [0.05, 0.1) is 73.8 Å². The fourth-order valence-electron chi connectivity index (χ4n) is 6.77. The van der Waals surface area contributed by atoms with Crippen LogP contribution in [0.4, 0.5) is 0 Å². The number of hydrogen-bond donors (Lipinski definition) is 11. The van der Waals surface area contributed by atoms with Crippen LogP contribution in [-0.4, -0.2) is 143 Å². The van der Waals surface area contributed by atoms with Gasteiger partial charge >= 0.3 is 11.9 Å². The summed E-state index contributed by atoms with van der Waals surface area (Å²) in [5, 5.41) is 104. The lowest BCUT2D eigenvalue weighted by molar-refractivity contribution is -0.276. The van der Waals surface area contributed by atoms with Crippen molar-refractivity contribution >= 4 is 11.9 Å². The first-order valence-electron chi connectivity index (χ1n) is 22.2. The maximum Gasteiger partial charge on any atom is 0.308 e. The number of nitrogens with two attached hydrogens (primary N) is 1. The van der Waals surface area contributed by atoms with Crippen molar-refractivity contribution in [3.8, 4) is 0 Å². The van der Waals surface area contributed by atoms with Gasteiger partial charge in [-0.2, -0.15) is 0 Å². The highest BCUT2D eigenvalue weighted by Gasteiger charge is 2.42. The molecular formula is C47H77NO15. The van der Waals surface area contributed by atoms with Crippen molar-refractivity contribution < 1.29 is 74.9 Å². The van der Waals surface area contributed by atoms with Crippen molar-refractivity contribution in [2.24, 2.45) is 17.6 Å². The number of aliphatic hydroxyl groups is 9. The fraction of sp³-hybridized carbons (Fsp3) is 0.660. The summed E-state index contributed by atoms with van der Waals surface area (Å²) in [4.78, 5) is 24.5. The zero-order chi connectivity index (χ0) is 47.4. The van der Waals surface area contributed by atoms with Crippen LogP contribution in [-0.2, 0) is 23.8 Å². The molecule has 2 heterocycles. The molecule has 360 valence electrons. The van der Waals surface area contributed by atoms with Crippen LogP contribution < -0.4 is 5.73 Å². The van der Waals surface area contributed by atoms with Crippen LogP contribution in [0.5, 0.6) is 0 Å². The Labute approximate surface area is 373 Å². The molecule has 12 N–H and O–H groups in total. The van der Waals surface area contributed by atoms with E-state index in [9.17, 15) is 60.7 Å². The first kappa shape index (κ1) is 57.7. The van der Waals surface area contributed by atoms with Gasteiger partial charge in [-0.05, 0) is 64.7 Å². The van der Waals surface area contributed by atoms with Crippen molar-refractivity contribution in [3.63, 3.8) is 0 Å². The zero-order valence-electron chi connectivity index (χ0n) is 37.4. The highest BCUT2D eigenvalue weighted by Crippen LogP contribution is 2.27. The third kappa shape index (κ3) is 25.6. The molecule has 2 rings (SSSR count). The monoisotopic (exact) mass is 896 g/mol. The van der Waals surface area contributed by atoms with Crippen LogP contribution >= 0.6 is 0 Å². The number of aliphatic hydroxyl groups excluding tert-OH is 7. The number of ether oxygens (including phenoxy) is 3. The second kappa shape index (κ2) is 32.3. The number of rotatable bonds is 3. The lowest BCUT2D eigenvalue weighted by atomic mass is 9.90. The van der Waals surface area contributed by atoms with Crippen LogP contribution in [0.15, 0.2) is 85.1 Å². The molecule has 2 aliphatic heterocycles. The number of allylic oxidation sites excluding steroid dienone is 12. The Bertz CT molecular complexity index is 1480. The van der Waals surface area contributed by atoms with E-state index in [1.807, 2.05) is 44.2 Å². The second-order valence-electron chi connectivity index (χ2n) is 16.2. The molecule has 16 heteroatoms. The molecule has 0 aromatic rings. The van der Waals surface area contributed by atoms with Crippen molar-refractivity contribution in [1.82, 2.24) is 0 Å². The minimum atomic E-state index is -2.45. The summed E-state index contributed by atoms with van der Waals surface area (Å²) in [5.41, 5.74) is 5.98. The summed E-state index contributed by atoms with van der Waals surface area (Å²) >= 11 is 0. The summed E-state index contributed by atoms with van der Waals surface area (Å²) in [6.07, 6.45) is 13.6. The van der Waals surface area contributed by atoms with Gasteiger partial charge in [-0.15, -0.1) is 0 Å². The van der Waals surface area contributed by atoms with E-state index in [1.54, 1.807) is 68.5 Å². The fourth-order valence-corrected chi connectivity index (χ4v) is 6.77. The summed E-state index contributed by atoms with van der Waals surface area (Å²) in [6.45, 7) is 7.28. The summed E-state index contributed by atoms with van der Waals surface area (Å²) < 4.78 is 16.9. The quantitative estimate of drug-likeness (QED) is 0.143. The Morgan fingerprint density at radius 1 is 0.730 bits per heavy atom. The SMILES string of the molecule is CC.CC1OC(O[C@H]2/C=C/C=C/C=C/C=C/C=C/C=C/C=C/C[C@@H](O)C(C)COC(=O)C[C@H](O)C[C@H](O)CCC[C@H](O)C[C@H](O)CC(O)(O)CC[C@@H](C(=O)O)CC2)C(O)C(N)C1O. The predicted octanol–water partition coefficient (Wildman–Crippen LogP) is 3.15. The third-order valence-electron chi connectivity index (χ3n) is 10.6. The minimum Gasteiger partial charge on any atom is -0.481 e. The molecule has 6 unspecified atom stereocenters. The average molecular weight is 896 g/mol. The number of hydrogen-bond acceptors (Lipinski definition) is 15. The standard InChI is InChI=1S/C45H71NO15.C2H6/c1-30-29-59-39(52)27-35(49)25-33(47)17-16-18-34(48)26-36(50)28-45(57,58)24-23-32(43(55)56)21-22-37(61-44-42(54)40(46)41(53)31(2)60-44)19-14-12-10-8-6-4-3-5-7-9-11-13-15-20-38(30)51;1-2/h3-15,19,30-38,40-42,44,47-51,53-54,57-58H,16-18,20-29,46H2,1-2H3,(H,55,56);1-2H3/b4-3+,7-5+,8-6+,11-9+,12-10+,15-13+,19-14+;/t30?,31?,32-,33+,34-,35+,36-,37-,38+,40?,41?,42?,44?;/m0./s1. The highest BCUT2D eigenvalue weighted by molar-refractivity contribution is 5.70. The first-order valence-corrected chi connectivity index (χ1v) is 22.2. The molecule has 63 heavy (non-hydrogen) atoms. The topological polar surface area (TPSA) is 290 Å². The number of cyclic esters (lactones) is 1. The molecule has 0 aromatic heterocycles. The summed E-state index contributed by atoms with van der Waals surface area (Å²) in [5.74, 6) is -5.72. The van der Waals surface area contributed by atoms with Gasteiger partial charge in [0, 0.05) is 18.8 Å². The number of carbonyl (C=O) groups excluding carboxylic acids is 1. The van der Waals surface area contributed by atoms with Crippen molar-refractivity contribution in [2.45, 2.75) is 178 Å². The van der Waals surface area contributed by atoms with Crippen LogP contribution in [0, 0.1) is 11.8 Å². The van der Waals surface area contributed by atoms with E-state index in [0.717, 1.165) is 0 Å². The Morgan fingerprint density at radius 3 is 1.84 bits per heavy atom. The molecule has 16 nitrogen and oxygen atoms in total. The minimum absolute atomic E-state index is 0.0253. The first-order chi connectivity index (χ1) is 29.9. The molecule has 13 atom stereocenters. The van der Waals surface area contributed by atoms with Crippen molar-refractivity contribution in [2.75, 3.05) is 6.61 Å². The van der Waals surface area contributed by atoms with E-state index in [-0.39, 0.29) is 63.9 Å². The maximum atomic E-state index is 12.3. The molecule has 0 saturated carbocycles. The van der Waals surface area contributed by atoms with Crippen molar-refractivity contribution in [1.29, 1.82) is 0 Å². The lowest BCUT2D eigenvalue weighted by Gasteiger charge is -2.40. The zero-order valence-corrected chi connectivity index (χ0v) is 37.4. The normalized spacial score (nSPS) is 38.3. The van der Waals surface area contributed by atoms with Gasteiger partial charge in [0.25, 0.3) is 0 Å². The second-order valence-corrected chi connectivity index (χ2v) is 16.2. The van der Waals surface area contributed by atoms with E-state index >= 15 is 0 Å². The van der Waals surface area contributed by atoms with Crippen LogP contribution in [0.1, 0.15) is 105 Å². The Morgan fingerprint density at radius 2 is 1.27 bits per heavy atom. The van der Waals surface area contributed by atoms with Gasteiger partial charge < -0.3 is 71.0 Å². The number of carboxylic acid groups (broad SMARTS) is 1. The van der Waals surface area contributed by atoms with E-state index in [0.29, 0.717) is 12.8 Å². The van der Waals surface area contributed by atoms with Gasteiger partial charge in [0.2, 0.25) is 0 Å². The number of esters is 1. The molecule has 1 fully saturated rings. The smallest absolute Gasteiger partial charge is 0.308 e. The van der Waals surface area contributed by atoms with E-state index in [1.165, 1.54) is 0 Å². The van der Waals surface area contributed by atoms with E-state index in [4.69, 9.17) is 19.9 Å². The lowest BCUT2D eigenvalue weighted by Crippen LogP contribution is -2.61. The van der Waals surface area contributed by atoms with Crippen molar-refractivity contribution in [3.05, 3.63) is 85.1 Å². The number of aliphatic carboxylic acids is 1. The Hall–Kier alpha value is -3.36. The molecule has 0 radical (unpaired) electrons. The van der Waals surface area contributed by atoms with Crippen LogP contribution in [0.3, 0.4) is 0 Å². The molecule has 0 spiro atoms. The number of carbonyl (C=O) groups is 2. The largest absolute Gasteiger partial charge is 0.481 e. The Balaban J connectivity index is 0.00000977. The van der Waals surface area contributed by atoms with E-state index in [2.05, 4.69) is 0 Å². The van der Waals surface area contributed by atoms with Gasteiger partial charge in [-0.25, -0.2) is 0 Å². The van der Waals surface area contributed by atoms with Gasteiger partial charge in [0.1, 0.15) is 6.10 Å². The molecule has 0 amide bonds. The molecule has 0 aliphatic carbocycles. The molecule has 0 bridgehead atoms. The van der Waals surface area contributed by atoms with Gasteiger partial charge in [-0.1, -0.05) is 106 Å². The highest BCUT2D eigenvalue weighted by atomic mass is 16.7.